The lowest BCUT2D eigenvalue weighted by molar-refractivity contribution is -0.425. The van der Waals surface area contributed by atoms with Crippen molar-refractivity contribution in [3.05, 3.63) is 56.4 Å². The second-order valence-corrected chi connectivity index (χ2v) is 4.62. The van der Waals surface area contributed by atoms with Crippen molar-refractivity contribution in [3.63, 3.8) is 0 Å². The Morgan fingerprint density at radius 1 is 1.53 bits per heavy atom. The quantitative estimate of drug-likeness (QED) is 0.479. The molecule has 2 aromatic rings. The van der Waals surface area contributed by atoms with Crippen molar-refractivity contribution in [2.24, 2.45) is 0 Å². The van der Waals surface area contributed by atoms with Crippen LogP contribution in [0.2, 0.25) is 5.15 Å². The molecule has 4 nitrogen and oxygen atoms in total. The molecule has 0 aliphatic heterocycles. The second kappa shape index (κ2) is 5.36. The molecule has 19 heavy (non-hydrogen) atoms. The van der Waals surface area contributed by atoms with Crippen LogP contribution < -0.4 is 0 Å². The van der Waals surface area contributed by atoms with Gasteiger partial charge in [0.1, 0.15) is 5.15 Å². The molecule has 0 aliphatic carbocycles. The predicted molar refractivity (Wildman–Crippen MR) is 76.8 cm³/mol. The van der Waals surface area contributed by atoms with Gasteiger partial charge in [-0.3, -0.25) is 10.1 Å². The standard InChI is InChI=1S/C14H13ClN2O2/c1-3-12(17(18)19)8-11-7-10-6-4-5-9(2)13(10)16-14(11)15/h4-8H,3H2,1-2H3. The normalized spacial score (nSPS) is 11.8. The summed E-state index contributed by atoms with van der Waals surface area (Å²) in [6.45, 7) is 3.69. The van der Waals surface area contributed by atoms with E-state index in [4.69, 9.17) is 11.6 Å². The van der Waals surface area contributed by atoms with Gasteiger partial charge in [-0.2, -0.15) is 0 Å². The van der Waals surface area contributed by atoms with Crippen molar-refractivity contribution in [3.8, 4) is 0 Å². The largest absolute Gasteiger partial charge is 0.259 e. The maximum absolute atomic E-state index is 10.8. The number of aryl methyl sites for hydroxylation is 1. The van der Waals surface area contributed by atoms with Crippen molar-refractivity contribution >= 4 is 28.6 Å². The number of hydrogen-bond acceptors (Lipinski definition) is 3. The van der Waals surface area contributed by atoms with Gasteiger partial charge in [-0.05, 0) is 18.6 Å². The van der Waals surface area contributed by atoms with E-state index in [1.54, 1.807) is 6.92 Å². The van der Waals surface area contributed by atoms with Gasteiger partial charge < -0.3 is 0 Å². The average molecular weight is 277 g/mol. The smallest absolute Gasteiger partial charge is 0.246 e. The Morgan fingerprint density at radius 2 is 2.26 bits per heavy atom. The molecule has 98 valence electrons. The van der Waals surface area contributed by atoms with Crippen molar-refractivity contribution in [1.29, 1.82) is 0 Å². The van der Waals surface area contributed by atoms with E-state index in [2.05, 4.69) is 4.98 Å². The summed E-state index contributed by atoms with van der Waals surface area (Å²) in [5, 5.41) is 12.0. The molecule has 2 rings (SSSR count). The fourth-order valence-corrected chi connectivity index (χ4v) is 2.10. The summed E-state index contributed by atoms with van der Waals surface area (Å²) in [5.41, 5.74) is 2.55. The van der Waals surface area contributed by atoms with Crippen LogP contribution >= 0.6 is 11.6 Å². The summed E-state index contributed by atoms with van der Waals surface area (Å²) < 4.78 is 0. The van der Waals surface area contributed by atoms with Gasteiger partial charge in [-0.15, -0.1) is 0 Å². The Morgan fingerprint density at radius 3 is 2.89 bits per heavy atom. The van der Waals surface area contributed by atoms with Crippen molar-refractivity contribution in [2.45, 2.75) is 20.3 Å². The Kier molecular flexibility index (Phi) is 3.81. The van der Waals surface area contributed by atoms with Crippen LogP contribution in [0.5, 0.6) is 0 Å². The first-order valence-electron chi connectivity index (χ1n) is 5.93. The Balaban J connectivity index is 2.62. The number of nitro groups is 1. The van der Waals surface area contributed by atoms with E-state index < -0.39 is 4.92 Å². The van der Waals surface area contributed by atoms with Crippen LogP contribution in [0.1, 0.15) is 24.5 Å². The maximum atomic E-state index is 10.8. The first-order chi connectivity index (χ1) is 9.02. The lowest BCUT2D eigenvalue weighted by atomic mass is 10.1. The summed E-state index contributed by atoms with van der Waals surface area (Å²) in [6, 6.07) is 7.63. The minimum absolute atomic E-state index is 0.121. The third kappa shape index (κ3) is 2.74. The van der Waals surface area contributed by atoms with E-state index in [1.165, 1.54) is 6.08 Å². The zero-order chi connectivity index (χ0) is 14.0. The molecule has 0 amide bonds. The fourth-order valence-electron chi connectivity index (χ4n) is 1.91. The van der Waals surface area contributed by atoms with Gasteiger partial charge in [-0.1, -0.05) is 36.7 Å². The van der Waals surface area contributed by atoms with Crippen LogP contribution in [0.15, 0.2) is 30.0 Å². The summed E-state index contributed by atoms with van der Waals surface area (Å²) in [5.74, 6) is 0. The summed E-state index contributed by atoms with van der Waals surface area (Å²) in [6.07, 6.45) is 1.83. The number of allylic oxidation sites excluding steroid dienone is 1. The molecule has 0 bridgehead atoms. The van der Waals surface area contributed by atoms with Crippen LogP contribution in [0.3, 0.4) is 0 Å². The number of halogens is 1. The minimum atomic E-state index is -0.392. The molecule has 1 heterocycles. The molecular weight excluding hydrogens is 264 g/mol. The van der Waals surface area contributed by atoms with E-state index in [1.807, 2.05) is 31.2 Å². The van der Waals surface area contributed by atoms with Gasteiger partial charge in [0.05, 0.1) is 10.4 Å². The first-order valence-corrected chi connectivity index (χ1v) is 6.31. The van der Waals surface area contributed by atoms with Gasteiger partial charge in [0.15, 0.2) is 0 Å². The van der Waals surface area contributed by atoms with Crippen molar-refractivity contribution < 1.29 is 4.92 Å². The van der Waals surface area contributed by atoms with Crippen LogP contribution in [-0.4, -0.2) is 9.91 Å². The molecule has 0 unspecified atom stereocenters. The van der Waals surface area contributed by atoms with Gasteiger partial charge in [0, 0.05) is 23.4 Å². The number of para-hydroxylation sites is 1. The van der Waals surface area contributed by atoms with Crippen molar-refractivity contribution in [2.75, 3.05) is 0 Å². The molecule has 0 spiro atoms. The van der Waals surface area contributed by atoms with Crippen LogP contribution in [0.4, 0.5) is 0 Å². The highest BCUT2D eigenvalue weighted by atomic mass is 35.5. The molecule has 5 heteroatoms. The maximum Gasteiger partial charge on any atom is 0.246 e. The highest BCUT2D eigenvalue weighted by molar-refractivity contribution is 6.31. The molecule has 0 saturated carbocycles. The summed E-state index contributed by atoms with van der Waals surface area (Å²) in [7, 11) is 0. The number of rotatable bonds is 3. The highest BCUT2D eigenvalue weighted by Gasteiger charge is 2.11. The molecule has 0 aliphatic rings. The van der Waals surface area contributed by atoms with E-state index in [0.717, 1.165) is 16.5 Å². The minimum Gasteiger partial charge on any atom is -0.259 e. The van der Waals surface area contributed by atoms with E-state index >= 15 is 0 Å². The molecular formula is C14H13ClN2O2. The number of benzene rings is 1. The highest BCUT2D eigenvalue weighted by Crippen LogP contribution is 2.25. The molecule has 1 aromatic carbocycles. The number of fused-ring (bicyclic) bond motifs is 1. The number of aromatic nitrogens is 1. The molecule has 0 N–H and O–H groups in total. The lowest BCUT2D eigenvalue weighted by Gasteiger charge is -2.04. The first kappa shape index (κ1) is 13.5. The third-order valence-electron chi connectivity index (χ3n) is 2.95. The van der Waals surface area contributed by atoms with Gasteiger partial charge in [0.25, 0.3) is 0 Å². The number of pyridine rings is 1. The molecule has 0 radical (unpaired) electrons. The second-order valence-electron chi connectivity index (χ2n) is 4.26. The molecule has 0 atom stereocenters. The number of nitrogens with zero attached hydrogens (tertiary/aromatic N) is 2. The van der Waals surface area contributed by atoms with E-state index in [0.29, 0.717) is 12.0 Å². The van der Waals surface area contributed by atoms with Crippen LogP contribution in [0.25, 0.3) is 17.0 Å². The molecule has 0 fully saturated rings. The van der Waals surface area contributed by atoms with Gasteiger partial charge in [0.2, 0.25) is 5.70 Å². The zero-order valence-electron chi connectivity index (χ0n) is 10.7. The van der Waals surface area contributed by atoms with E-state index in [-0.39, 0.29) is 10.9 Å². The lowest BCUT2D eigenvalue weighted by Crippen LogP contribution is -1.97. The monoisotopic (exact) mass is 276 g/mol. The fraction of sp³-hybridized carbons (Fsp3) is 0.214. The van der Waals surface area contributed by atoms with Crippen LogP contribution in [-0.2, 0) is 0 Å². The summed E-state index contributed by atoms with van der Waals surface area (Å²) in [4.78, 5) is 14.8. The number of hydrogen-bond donors (Lipinski definition) is 0. The summed E-state index contributed by atoms with van der Waals surface area (Å²) >= 11 is 6.10. The van der Waals surface area contributed by atoms with Gasteiger partial charge >= 0.3 is 0 Å². The topological polar surface area (TPSA) is 56.0 Å². The van der Waals surface area contributed by atoms with Crippen molar-refractivity contribution in [1.82, 2.24) is 4.98 Å². The van der Waals surface area contributed by atoms with E-state index in [9.17, 15) is 10.1 Å². The average Bonchev–Trinajstić information content (AvgIpc) is 2.37. The Bertz CT molecular complexity index is 680. The SMILES string of the molecule is CCC(=Cc1cc2cccc(C)c2nc1Cl)[N+](=O)[O-]. The van der Waals surface area contributed by atoms with Gasteiger partial charge in [-0.25, -0.2) is 4.98 Å². The predicted octanol–water partition coefficient (Wildman–Crippen LogP) is 4.22. The zero-order valence-corrected chi connectivity index (χ0v) is 11.4. The Hall–Kier alpha value is -1.94. The molecule has 0 saturated heterocycles. The third-order valence-corrected chi connectivity index (χ3v) is 3.25. The van der Waals surface area contributed by atoms with Crippen LogP contribution in [0, 0.1) is 17.0 Å². The molecule has 1 aromatic heterocycles. The Labute approximate surface area is 115 Å².